The van der Waals surface area contributed by atoms with Crippen molar-refractivity contribution in [2.75, 3.05) is 32.7 Å². The van der Waals surface area contributed by atoms with E-state index in [2.05, 4.69) is 4.90 Å². The second-order valence-electron chi connectivity index (χ2n) is 5.32. The molecule has 2 unspecified atom stereocenters. The molecule has 0 aromatic rings. The highest BCUT2D eigenvalue weighted by Gasteiger charge is 2.31. The number of amides is 1. The van der Waals surface area contributed by atoms with E-state index < -0.39 is 12.1 Å². The molecule has 2 aliphatic rings. The Morgan fingerprint density at radius 2 is 2.00 bits per heavy atom. The number of rotatable bonds is 3. The summed E-state index contributed by atoms with van der Waals surface area (Å²) in [5.74, 6) is -0.731. The summed E-state index contributed by atoms with van der Waals surface area (Å²) in [5.41, 5.74) is 0. The van der Waals surface area contributed by atoms with Crippen molar-refractivity contribution in [1.82, 2.24) is 9.80 Å². The third-order valence-electron chi connectivity index (χ3n) is 3.88. The highest BCUT2D eigenvalue weighted by atomic mass is 16.5. The Morgan fingerprint density at radius 3 is 2.63 bits per heavy atom. The molecule has 108 valence electrons. The lowest BCUT2D eigenvalue weighted by Crippen LogP contribution is -2.37. The Hall–Kier alpha value is -1.14. The van der Waals surface area contributed by atoms with Crippen molar-refractivity contribution in [1.29, 1.82) is 0 Å². The Morgan fingerprint density at radius 1 is 1.21 bits per heavy atom. The molecule has 1 N–H and O–H groups in total. The van der Waals surface area contributed by atoms with Gasteiger partial charge in [0.2, 0.25) is 5.91 Å². The van der Waals surface area contributed by atoms with Crippen LogP contribution in [-0.4, -0.2) is 71.7 Å². The highest BCUT2D eigenvalue weighted by molar-refractivity contribution is 5.73. The van der Waals surface area contributed by atoms with Crippen LogP contribution in [0, 0.1) is 0 Å². The molecule has 2 saturated heterocycles. The van der Waals surface area contributed by atoms with Crippen molar-refractivity contribution < 1.29 is 19.4 Å². The molecule has 2 rings (SSSR count). The molecule has 0 aromatic heterocycles. The predicted molar refractivity (Wildman–Crippen MR) is 68.8 cm³/mol. The first-order chi connectivity index (χ1) is 9.06. The fraction of sp³-hybridized carbons (Fsp3) is 0.846. The molecule has 6 nitrogen and oxygen atoms in total. The minimum atomic E-state index is -0.860. The lowest BCUT2D eigenvalue weighted by molar-refractivity contribution is -0.149. The van der Waals surface area contributed by atoms with Crippen molar-refractivity contribution in [3.05, 3.63) is 0 Å². The number of carbonyl (C=O) groups is 2. The number of hydrogen-bond donors (Lipinski definition) is 1. The van der Waals surface area contributed by atoms with Gasteiger partial charge < -0.3 is 14.7 Å². The maximum atomic E-state index is 11.3. The van der Waals surface area contributed by atoms with Gasteiger partial charge in [-0.2, -0.15) is 0 Å². The van der Waals surface area contributed by atoms with Gasteiger partial charge in [-0.25, -0.2) is 4.79 Å². The zero-order chi connectivity index (χ0) is 13.8. The molecule has 1 amide bonds. The lowest BCUT2D eigenvalue weighted by atomic mass is 10.2. The van der Waals surface area contributed by atoms with Gasteiger partial charge in [0.1, 0.15) is 0 Å². The van der Waals surface area contributed by atoms with Crippen molar-refractivity contribution in [2.45, 2.75) is 38.4 Å². The van der Waals surface area contributed by atoms with Crippen LogP contribution in [-0.2, 0) is 14.3 Å². The molecular weight excluding hydrogens is 248 g/mol. The molecule has 2 aliphatic heterocycles. The van der Waals surface area contributed by atoms with E-state index in [9.17, 15) is 9.59 Å². The summed E-state index contributed by atoms with van der Waals surface area (Å²) in [7, 11) is 0. The molecule has 0 radical (unpaired) electrons. The van der Waals surface area contributed by atoms with Gasteiger partial charge in [-0.05, 0) is 25.8 Å². The number of carboxylic acids is 1. The molecule has 0 aromatic carbocycles. The van der Waals surface area contributed by atoms with Crippen molar-refractivity contribution in [3.8, 4) is 0 Å². The first kappa shape index (κ1) is 14.3. The van der Waals surface area contributed by atoms with E-state index in [1.165, 1.54) is 0 Å². The summed E-state index contributed by atoms with van der Waals surface area (Å²) in [6.45, 7) is 5.74. The fourth-order valence-corrected chi connectivity index (χ4v) is 2.78. The minimum Gasteiger partial charge on any atom is -0.479 e. The van der Waals surface area contributed by atoms with Crippen LogP contribution in [0.2, 0.25) is 0 Å². The standard InChI is InChI=1S/C13H22N2O4/c1-10(16)15-6-2-5-14(7-8-15)9-11-3-4-12(19-11)13(17)18/h11-12H,2-9H2,1H3,(H,17,18). The molecule has 2 fully saturated rings. The lowest BCUT2D eigenvalue weighted by Gasteiger charge is -2.24. The zero-order valence-electron chi connectivity index (χ0n) is 11.4. The summed E-state index contributed by atoms with van der Waals surface area (Å²) in [6.07, 6.45) is 1.77. The SMILES string of the molecule is CC(=O)N1CCCN(CC2CCC(C(=O)O)O2)CC1. The predicted octanol–water partition coefficient (Wildman–Crippen LogP) is 0.173. The summed E-state index contributed by atoms with van der Waals surface area (Å²) >= 11 is 0. The molecule has 2 heterocycles. The zero-order valence-corrected chi connectivity index (χ0v) is 11.4. The third kappa shape index (κ3) is 3.91. The smallest absolute Gasteiger partial charge is 0.332 e. The normalized spacial score (nSPS) is 29.2. The van der Waals surface area contributed by atoms with Crippen LogP contribution in [0.3, 0.4) is 0 Å². The van der Waals surface area contributed by atoms with Crippen LogP contribution in [0.25, 0.3) is 0 Å². The number of aliphatic carboxylic acids is 1. The van der Waals surface area contributed by atoms with Gasteiger partial charge in [0, 0.05) is 33.1 Å². The highest BCUT2D eigenvalue weighted by Crippen LogP contribution is 2.21. The minimum absolute atomic E-state index is 0.0185. The van der Waals surface area contributed by atoms with E-state index in [1.807, 2.05) is 4.90 Å². The third-order valence-corrected chi connectivity index (χ3v) is 3.88. The van der Waals surface area contributed by atoms with Gasteiger partial charge in [0.15, 0.2) is 6.10 Å². The molecule has 2 atom stereocenters. The van der Waals surface area contributed by atoms with E-state index >= 15 is 0 Å². The Labute approximate surface area is 113 Å². The van der Waals surface area contributed by atoms with Gasteiger partial charge in [0.25, 0.3) is 0 Å². The van der Waals surface area contributed by atoms with Crippen LogP contribution >= 0.6 is 0 Å². The summed E-state index contributed by atoms with van der Waals surface area (Å²) in [6, 6.07) is 0. The number of nitrogens with zero attached hydrogens (tertiary/aromatic N) is 2. The Kier molecular flexibility index (Phi) is 4.76. The number of carbonyl (C=O) groups excluding carboxylic acids is 1. The largest absolute Gasteiger partial charge is 0.479 e. The van der Waals surface area contributed by atoms with Crippen LogP contribution in [0.4, 0.5) is 0 Å². The van der Waals surface area contributed by atoms with Crippen molar-refractivity contribution >= 4 is 11.9 Å². The van der Waals surface area contributed by atoms with E-state index in [0.717, 1.165) is 45.6 Å². The topological polar surface area (TPSA) is 70.1 Å². The van der Waals surface area contributed by atoms with Crippen molar-refractivity contribution in [3.63, 3.8) is 0 Å². The average molecular weight is 270 g/mol. The van der Waals surface area contributed by atoms with Gasteiger partial charge in [-0.15, -0.1) is 0 Å². The molecule has 6 heteroatoms. The number of hydrogen-bond acceptors (Lipinski definition) is 4. The van der Waals surface area contributed by atoms with Crippen molar-refractivity contribution in [2.24, 2.45) is 0 Å². The van der Waals surface area contributed by atoms with E-state index in [1.54, 1.807) is 6.92 Å². The molecule has 0 aliphatic carbocycles. The molecule has 0 spiro atoms. The van der Waals surface area contributed by atoms with Gasteiger partial charge in [-0.1, -0.05) is 0 Å². The number of ether oxygens (including phenoxy) is 1. The fourth-order valence-electron chi connectivity index (χ4n) is 2.78. The van der Waals surface area contributed by atoms with Gasteiger partial charge in [0.05, 0.1) is 6.10 Å². The molecule has 0 saturated carbocycles. The van der Waals surface area contributed by atoms with E-state index in [-0.39, 0.29) is 12.0 Å². The van der Waals surface area contributed by atoms with Crippen LogP contribution in [0.5, 0.6) is 0 Å². The van der Waals surface area contributed by atoms with Gasteiger partial charge in [-0.3, -0.25) is 9.69 Å². The summed E-state index contributed by atoms with van der Waals surface area (Å²) in [4.78, 5) is 26.3. The van der Waals surface area contributed by atoms with Crippen LogP contribution in [0.1, 0.15) is 26.2 Å². The first-order valence-electron chi connectivity index (χ1n) is 6.92. The van der Waals surface area contributed by atoms with Crippen LogP contribution < -0.4 is 0 Å². The monoisotopic (exact) mass is 270 g/mol. The number of carboxylic acid groups (broad SMARTS) is 1. The van der Waals surface area contributed by atoms with E-state index in [0.29, 0.717) is 6.42 Å². The second-order valence-corrected chi connectivity index (χ2v) is 5.32. The molecule has 0 bridgehead atoms. The quantitative estimate of drug-likeness (QED) is 0.792. The molecular formula is C13H22N2O4. The average Bonchev–Trinajstić information content (AvgIpc) is 2.68. The maximum absolute atomic E-state index is 11.3. The summed E-state index contributed by atoms with van der Waals surface area (Å²) in [5, 5.41) is 8.89. The Bertz CT molecular complexity index is 348. The van der Waals surface area contributed by atoms with E-state index in [4.69, 9.17) is 9.84 Å². The second kappa shape index (κ2) is 6.34. The molecule has 19 heavy (non-hydrogen) atoms. The van der Waals surface area contributed by atoms with Gasteiger partial charge >= 0.3 is 5.97 Å². The Balaban J connectivity index is 1.77. The van der Waals surface area contributed by atoms with Crippen LogP contribution in [0.15, 0.2) is 0 Å². The first-order valence-corrected chi connectivity index (χ1v) is 6.92. The maximum Gasteiger partial charge on any atom is 0.332 e. The summed E-state index contributed by atoms with van der Waals surface area (Å²) < 4.78 is 5.52.